The molecule has 0 radical (unpaired) electrons. The van der Waals surface area contributed by atoms with Crippen molar-refractivity contribution >= 4 is 11.6 Å². The SMILES string of the molecule is COc1ccc(-c2cnnn2-c2cc(O)c(OC)c(OC)c2)cc1NC(=O)CN. The first-order valence-corrected chi connectivity index (χ1v) is 8.56. The summed E-state index contributed by atoms with van der Waals surface area (Å²) in [7, 11) is 4.41. The highest BCUT2D eigenvalue weighted by Crippen LogP contribution is 2.39. The molecule has 0 aliphatic rings. The number of amides is 1. The van der Waals surface area contributed by atoms with Crippen molar-refractivity contribution in [1.82, 2.24) is 15.0 Å². The van der Waals surface area contributed by atoms with E-state index in [-0.39, 0.29) is 24.0 Å². The smallest absolute Gasteiger partial charge is 0.238 e. The number of aromatic nitrogens is 3. The molecule has 0 saturated carbocycles. The summed E-state index contributed by atoms with van der Waals surface area (Å²) in [4.78, 5) is 11.7. The van der Waals surface area contributed by atoms with E-state index >= 15 is 0 Å². The molecule has 3 aromatic rings. The number of benzene rings is 2. The lowest BCUT2D eigenvalue weighted by Crippen LogP contribution is -2.22. The van der Waals surface area contributed by atoms with Crippen molar-refractivity contribution in [1.29, 1.82) is 0 Å². The zero-order valence-corrected chi connectivity index (χ0v) is 16.2. The van der Waals surface area contributed by atoms with Crippen molar-refractivity contribution in [2.75, 3.05) is 33.2 Å². The summed E-state index contributed by atoms with van der Waals surface area (Å²) < 4.78 is 17.3. The quantitative estimate of drug-likeness (QED) is 0.545. The van der Waals surface area contributed by atoms with Gasteiger partial charge in [-0.25, -0.2) is 4.68 Å². The molecule has 29 heavy (non-hydrogen) atoms. The van der Waals surface area contributed by atoms with Gasteiger partial charge in [-0.2, -0.15) is 0 Å². The number of ether oxygens (including phenoxy) is 3. The highest BCUT2D eigenvalue weighted by Gasteiger charge is 2.17. The third kappa shape index (κ3) is 3.92. The lowest BCUT2D eigenvalue weighted by Gasteiger charge is -2.14. The van der Waals surface area contributed by atoms with Crippen LogP contribution in [0.5, 0.6) is 23.0 Å². The minimum Gasteiger partial charge on any atom is -0.504 e. The first-order valence-electron chi connectivity index (χ1n) is 8.56. The Bertz CT molecular complexity index is 1030. The zero-order chi connectivity index (χ0) is 21.0. The topological polar surface area (TPSA) is 134 Å². The van der Waals surface area contributed by atoms with Gasteiger partial charge in [-0.15, -0.1) is 5.10 Å². The molecule has 1 heterocycles. The van der Waals surface area contributed by atoms with E-state index in [1.807, 2.05) is 0 Å². The van der Waals surface area contributed by atoms with Gasteiger partial charge in [-0.1, -0.05) is 5.21 Å². The van der Waals surface area contributed by atoms with Crippen molar-refractivity contribution < 1.29 is 24.1 Å². The van der Waals surface area contributed by atoms with Crippen LogP contribution in [0.25, 0.3) is 16.9 Å². The Kier molecular flexibility index (Phi) is 5.84. The van der Waals surface area contributed by atoms with Gasteiger partial charge in [-0.05, 0) is 18.2 Å². The molecule has 0 aliphatic heterocycles. The summed E-state index contributed by atoms with van der Waals surface area (Å²) in [6.07, 6.45) is 1.56. The lowest BCUT2D eigenvalue weighted by atomic mass is 10.1. The maximum Gasteiger partial charge on any atom is 0.238 e. The van der Waals surface area contributed by atoms with Crippen molar-refractivity contribution in [2.24, 2.45) is 5.73 Å². The lowest BCUT2D eigenvalue weighted by molar-refractivity contribution is -0.114. The molecule has 0 atom stereocenters. The number of hydrogen-bond acceptors (Lipinski definition) is 8. The van der Waals surface area contributed by atoms with E-state index in [4.69, 9.17) is 19.9 Å². The minimum absolute atomic E-state index is 0.103. The van der Waals surface area contributed by atoms with Gasteiger partial charge in [0.2, 0.25) is 11.7 Å². The van der Waals surface area contributed by atoms with Gasteiger partial charge in [0.25, 0.3) is 0 Å². The number of aromatic hydroxyl groups is 1. The first-order chi connectivity index (χ1) is 14.0. The van der Waals surface area contributed by atoms with Crippen LogP contribution in [0, 0.1) is 0 Å². The molecular weight excluding hydrogens is 378 g/mol. The summed E-state index contributed by atoms with van der Waals surface area (Å²) >= 11 is 0. The zero-order valence-electron chi connectivity index (χ0n) is 16.2. The number of nitrogens with one attached hydrogen (secondary N) is 1. The number of nitrogens with zero attached hydrogens (tertiary/aromatic N) is 3. The number of phenolic OH excluding ortho intramolecular Hbond substituents is 1. The number of carbonyl (C=O) groups is 1. The number of phenols is 1. The number of nitrogens with two attached hydrogens (primary N) is 1. The average Bonchev–Trinajstić information content (AvgIpc) is 3.22. The maximum absolute atomic E-state index is 11.7. The molecule has 152 valence electrons. The number of rotatable bonds is 7. The molecule has 10 nitrogen and oxygen atoms in total. The Balaban J connectivity index is 2.08. The Morgan fingerprint density at radius 1 is 1.14 bits per heavy atom. The number of carbonyl (C=O) groups excluding carboxylic acids is 1. The van der Waals surface area contributed by atoms with Gasteiger partial charge in [0, 0.05) is 17.7 Å². The van der Waals surface area contributed by atoms with Crippen LogP contribution in [-0.2, 0) is 4.79 Å². The largest absolute Gasteiger partial charge is 0.504 e. The molecule has 0 fully saturated rings. The van der Waals surface area contributed by atoms with Crippen molar-refractivity contribution in [2.45, 2.75) is 0 Å². The number of anilines is 1. The van der Waals surface area contributed by atoms with Gasteiger partial charge < -0.3 is 30.4 Å². The van der Waals surface area contributed by atoms with E-state index in [9.17, 15) is 9.90 Å². The third-order valence-corrected chi connectivity index (χ3v) is 4.19. The fourth-order valence-corrected chi connectivity index (χ4v) is 2.84. The summed E-state index contributed by atoms with van der Waals surface area (Å²) in [5.41, 5.74) is 7.68. The second kappa shape index (κ2) is 8.48. The molecule has 0 bridgehead atoms. The van der Waals surface area contributed by atoms with Crippen LogP contribution in [-0.4, -0.2) is 53.9 Å². The van der Waals surface area contributed by atoms with E-state index in [2.05, 4.69) is 15.6 Å². The van der Waals surface area contributed by atoms with Crippen molar-refractivity contribution in [3.8, 4) is 39.9 Å². The molecular formula is C19H21N5O5. The normalized spacial score (nSPS) is 10.5. The molecule has 4 N–H and O–H groups in total. The second-order valence-electron chi connectivity index (χ2n) is 5.90. The Morgan fingerprint density at radius 2 is 1.90 bits per heavy atom. The third-order valence-electron chi connectivity index (χ3n) is 4.19. The van der Waals surface area contributed by atoms with Crippen LogP contribution in [0.4, 0.5) is 5.69 Å². The number of methoxy groups -OCH3 is 3. The van der Waals surface area contributed by atoms with Crippen molar-refractivity contribution in [3.05, 3.63) is 36.5 Å². The van der Waals surface area contributed by atoms with E-state index in [0.29, 0.717) is 34.1 Å². The van der Waals surface area contributed by atoms with Crippen LogP contribution in [0.15, 0.2) is 36.5 Å². The molecule has 0 unspecified atom stereocenters. The van der Waals surface area contributed by atoms with Crippen LogP contribution in [0.1, 0.15) is 0 Å². The van der Waals surface area contributed by atoms with Crippen molar-refractivity contribution in [3.63, 3.8) is 0 Å². The minimum atomic E-state index is -0.350. The fraction of sp³-hybridized carbons (Fsp3) is 0.211. The fourth-order valence-electron chi connectivity index (χ4n) is 2.84. The van der Waals surface area contributed by atoms with E-state index in [1.54, 1.807) is 30.5 Å². The first kappa shape index (κ1) is 20.0. The van der Waals surface area contributed by atoms with E-state index < -0.39 is 0 Å². The van der Waals surface area contributed by atoms with Crippen LogP contribution in [0.2, 0.25) is 0 Å². The van der Waals surface area contributed by atoms with Gasteiger partial charge in [0.15, 0.2) is 11.5 Å². The van der Waals surface area contributed by atoms with Gasteiger partial charge in [0.05, 0.1) is 51.1 Å². The predicted molar refractivity (Wildman–Crippen MR) is 106 cm³/mol. The monoisotopic (exact) mass is 399 g/mol. The van der Waals surface area contributed by atoms with Gasteiger partial charge in [0.1, 0.15) is 5.75 Å². The van der Waals surface area contributed by atoms with Crippen LogP contribution >= 0.6 is 0 Å². The van der Waals surface area contributed by atoms with Crippen LogP contribution in [0.3, 0.4) is 0 Å². The summed E-state index contributed by atoms with van der Waals surface area (Å²) in [6, 6.07) is 8.39. The maximum atomic E-state index is 11.7. The summed E-state index contributed by atoms with van der Waals surface area (Å²) in [6.45, 7) is -0.155. The molecule has 1 aromatic heterocycles. The molecule has 0 saturated heterocycles. The van der Waals surface area contributed by atoms with E-state index in [1.165, 1.54) is 32.1 Å². The van der Waals surface area contributed by atoms with Gasteiger partial charge in [-0.3, -0.25) is 4.79 Å². The Labute approximate surface area is 166 Å². The second-order valence-corrected chi connectivity index (χ2v) is 5.90. The number of hydrogen-bond donors (Lipinski definition) is 3. The highest BCUT2D eigenvalue weighted by molar-refractivity contribution is 5.94. The molecule has 1 amide bonds. The Morgan fingerprint density at radius 3 is 2.55 bits per heavy atom. The molecule has 3 rings (SSSR count). The standard InChI is InChI=1S/C19H21N5O5/c1-27-16-5-4-11(6-13(16)22-18(26)9-20)14-10-21-23-24(14)12-7-15(25)19(29-3)17(8-12)28-2/h4-8,10,25H,9,20H2,1-3H3,(H,22,26). The van der Waals surface area contributed by atoms with E-state index in [0.717, 1.165) is 0 Å². The Hall–Kier alpha value is -3.79. The molecule has 0 spiro atoms. The predicted octanol–water partition coefficient (Wildman–Crippen LogP) is 1.56. The summed E-state index contributed by atoms with van der Waals surface area (Å²) in [5, 5.41) is 21.0. The molecule has 10 heteroatoms. The molecule has 0 aliphatic carbocycles. The van der Waals surface area contributed by atoms with Gasteiger partial charge >= 0.3 is 0 Å². The average molecular weight is 399 g/mol. The highest BCUT2D eigenvalue weighted by atomic mass is 16.5. The molecule has 2 aromatic carbocycles. The summed E-state index contributed by atoms with van der Waals surface area (Å²) in [5.74, 6) is 0.591. The van der Waals surface area contributed by atoms with Crippen LogP contribution < -0.4 is 25.3 Å².